The van der Waals surface area contributed by atoms with Crippen LogP contribution in [-0.2, 0) is 4.74 Å². The summed E-state index contributed by atoms with van der Waals surface area (Å²) in [5.74, 6) is -0.452. The molecule has 1 aliphatic carbocycles. The summed E-state index contributed by atoms with van der Waals surface area (Å²) in [6.07, 6.45) is 4.95. The molecule has 102 valence electrons. The number of ether oxygens (including phenoxy) is 1. The molecule has 0 aromatic carbocycles. The minimum atomic E-state index is -1.02. The van der Waals surface area contributed by atoms with Gasteiger partial charge in [-0.15, -0.1) is 0 Å². The van der Waals surface area contributed by atoms with Crippen LogP contribution in [0.25, 0.3) is 0 Å². The molecular weight excluding hydrogens is 268 g/mol. The van der Waals surface area contributed by atoms with Gasteiger partial charge in [-0.25, -0.2) is 9.78 Å². The van der Waals surface area contributed by atoms with E-state index in [1.807, 2.05) is 0 Å². The summed E-state index contributed by atoms with van der Waals surface area (Å²) in [6.45, 7) is 1.34. The minimum Gasteiger partial charge on any atom is -0.478 e. The van der Waals surface area contributed by atoms with E-state index in [0.29, 0.717) is 19.0 Å². The Morgan fingerprint density at radius 1 is 1.53 bits per heavy atom. The van der Waals surface area contributed by atoms with Gasteiger partial charge < -0.3 is 14.7 Å². The van der Waals surface area contributed by atoms with Gasteiger partial charge in [-0.2, -0.15) is 0 Å². The lowest BCUT2D eigenvalue weighted by Crippen LogP contribution is -2.49. The molecule has 0 bridgehead atoms. The van der Waals surface area contributed by atoms with E-state index >= 15 is 0 Å². The number of carboxylic acid groups (broad SMARTS) is 1. The standard InChI is InChI=1S/C13H15ClN2O3/c14-11-8(13(17)18)4-5-15-12(11)16-6-7-19-10-3-1-2-9(10)16/h4-5,9-10H,1-3,6-7H2,(H,17,18). The second-order valence-electron chi connectivity index (χ2n) is 4.90. The van der Waals surface area contributed by atoms with E-state index in [4.69, 9.17) is 21.4 Å². The highest BCUT2D eigenvalue weighted by Crippen LogP contribution is 2.36. The molecule has 19 heavy (non-hydrogen) atoms. The Bertz CT molecular complexity index is 509. The van der Waals surface area contributed by atoms with Gasteiger partial charge in [0.1, 0.15) is 5.82 Å². The van der Waals surface area contributed by atoms with Gasteiger partial charge in [0.15, 0.2) is 0 Å². The Hall–Kier alpha value is -1.33. The third-order valence-corrected chi connectivity index (χ3v) is 4.23. The van der Waals surface area contributed by atoms with Gasteiger partial charge in [0.2, 0.25) is 0 Å². The van der Waals surface area contributed by atoms with Crippen molar-refractivity contribution in [3.05, 3.63) is 22.8 Å². The smallest absolute Gasteiger partial charge is 0.337 e. The Balaban J connectivity index is 1.97. The molecule has 0 radical (unpaired) electrons. The number of hydrogen-bond donors (Lipinski definition) is 1. The Labute approximate surface area is 116 Å². The van der Waals surface area contributed by atoms with Gasteiger partial charge >= 0.3 is 5.97 Å². The average molecular weight is 283 g/mol. The molecule has 5 nitrogen and oxygen atoms in total. The molecule has 0 amide bonds. The Kier molecular flexibility index (Phi) is 3.33. The first-order valence-corrected chi connectivity index (χ1v) is 6.82. The normalized spacial score (nSPS) is 26.3. The molecule has 2 atom stereocenters. The number of rotatable bonds is 2. The van der Waals surface area contributed by atoms with E-state index in [1.54, 1.807) is 0 Å². The van der Waals surface area contributed by atoms with E-state index in [-0.39, 0.29) is 22.7 Å². The number of fused-ring (bicyclic) bond motifs is 1. The van der Waals surface area contributed by atoms with Crippen molar-refractivity contribution in [3.63, 3.8) is 0 Å². The Morgan fingerprint density at radius 3 is 3.16 bits per heavy atom. The van der Waals surface area contributed by atoms with Gasteiger partial charge in [0.05, 0.1) is 29.3 Å². The fraction of sp³-hybridized carbons (Fsp3) is 0.538. The third-order valence-electron chi connectivity index (χ3n) is 3.86. The lowest BCUT2D eigenvalue weighted by atomic mass is 10.1. The molecule has 2 heterocycles. The number of carboxylic acids is 1. The second-order valence-corrected chi connectivity index (χ2v) is 5.28. The number of nitrogens with zero attached hydrogens (tertiary/aromatic N) is 2. The molecule has 3 rings (SSSR count). The van der Waals surface area contributed by atoms with Crippen molar-refractivity contribution in [2.45, 2.75) is 31.4 Å². The SMILES string of the molecule is O=C(O)c1ccnc(N2CCOC3CCCC32)c1Cl. The lowest BCUT2D eigenvalue weighted by molar-refractivity contribution is 0.0253. The number of anilines is 1. The number of hydrogen-bond acceptors (Lipinski definition) is 4. The summed E-state index contributed by atoms with van der Waals surface area (Å²) in [4.78, 5) is 17.5. The summed E-state index contributed by atoms with van der Waals surface area (Å²) >= 11 is 6.20. The zero-order valence-corrected chi connectivity index (χ0v) is 11.1. The van der Waals surface area contributed by atoms with E-state index in [0.717, 1.165) is 19.3 Å². The van der Waals surface area contributed by atoms with E-state index in [2.05, 4.69) is 9.88 Å². The molecule has 1 saturated carbocycles. The van der Waals surface area contributed by atoms with Crippen LogP contribution in [-0.4, -0.2) is 41.4 Å². The average Bonchev–Trinajstić information content (AvgIpc) is 2.87. The molecule has 2 aliphatic rings. The number of halogens is 1. The number of aromatic carboxylic acids is 1. The molecule has 2 unspecified atom stereocenters. The van der Waals surface area contributed by atoms with Crippen molar-refractivity contribution in [2.75, 3.05) is 18.1 Å². The number of aromatic nitrogens is 1. The molecule has 1 N–H and O–H groups in total. The van der Waals surface area contributed by atoms with Gasteiger partial charge in [0.25, 0.3) is 0 Å². The predicted octanol–water partition coefficient (Wildman–Crippen LogP) is 2.19. The topological polar surface area (TPSA) is 62.7 Å². The zero-order valence-electron chi connectivity index (χ0n) is 10.4. The molecule has 6 heteroatoms. The van der Waals surface area contributed by atoms with Crippen molar-refractivity contribution >= 4 is 23.4 Å². The first kappa shape index (κ1) is 12.7. The number of morpholine rings is 1. The highest BCUT2D eigenvalue weighted by molar-refractivity contribution is 6.35. The fourth-order valence-corrected chi connectivity index (χ4v) is 3.29. The highest BCUT2D eigenvalue weighted by atomic mass is 35.5. The van der Waals surface area contributed by atoms with Gasteiger partial charge in [-0.3, -0.25) is 0 Å². The first-order chi connectivity index (χ1) is 9.18. The minimum absolute atomic E-state index is 0.104. The maximum absolute atomic E-state index is 11.1. The van der Waals surface area contributed by atoms with Gasteiger partial charge in [-0.1, -0.05) is 11.6 Å². The van der Waals surface area contributed by atoms with Crippen LogP contribution in [0.15, 0.2) is 12.3 Å². The molecule has 0 spiro atoms. The third kappa shape index (κ3) is 2.17. The largest absolute Gasteiger partial charge is 0.478 e. The predicted molar refractivity (Wildman–Crippen MR) is 70.9 cm³/mol. The van der Waals surface area contributed by atoms with Crippen LogP contribution in [0.1, 0.15) is 29.6 Å². The molecule has 1 aliphatic heterocycles. The van der Waals surface area contributed by atoms with Crippen LogP contribution < -0.4 is 4.90 Å². The van der Waals surface area contributed by atoms with Crippen LogP contribution in [0.4, 0.5) is 5.82 Å². The van der Waals surface area contributed by atoms with Crippen molar-refractivity contribution in [3.8, 4) is 0 Å². The van der Waals surface area contributed by atoms with Crippen LogP contribution in [0, 0.1) is 0 Å². The van der Waals surface area contributed by atoms with Crippen molar-refractivity contribution in [1.29, 1.82) is 0 Å². The highest BCUT2D eigenvalue weighted by Gasteiger charge is 2.37. The van der Waals surface area contributed by atoms with E-state index in [9.17, 15) is 4.79 Å². The maximum atomic E-state index is 11.1. The second kappa shape index (κ2) is 4.98. The van der Waals surface area contributed by atoms with Crippen LogP contribution >= 0.6 is 11.6 Å². The van der Waals surface area contributed by atoms with Crippen LogP contribution in [0.2, 0.25) is 5.02 Å². The molecular formula is C13H15ClN2O3. The van der Waals surface area contributed by atoms with Gasteiger partial charge in [-0.05, 0) is 25.3 Å². The van der Waals surface area contributed by atoms with E-state index in [1.165, 1.54) is 12.3 Å². The maximum Gasteiger partial charge on any atom is 0.337 e. The van der Waals surface area contributed by atoms with Crippen LogP contribution in [0.5, 0.6) is 0 Å². The molecule has 2 fully saturated rings. The summed E-state index contributed by atoms with van der Waals surface area (Å²) < 4.78 is 5.74. The first-order valence-electron chi connectivity index (χ1n) is 6.44. The van der Waals surface area contributed by atoms with Crippen molar-refractivity contribution < 1.29 is 14.6 Å². The molecule has 1 aromatic rings. The number of pyridine rings is 1. The lowest BCUT2D eigenvalue weighted by Gasteiger charge is -2.38. The summed E-state index contributed by atoms with van der Waals surface area (Å²) in [6, 6.07) is 1.70. The van der Waals surface area contributed by atoms with Crippen molar-refractivity contribution in [1.82, 2.24) is 4.98 Å². The van der Waals surface area contributed by atoms with Crippen LogP contribution in [0.3, 0.4) is 0 Å². The number of carbonyl (C=O) groups is 1. The van der Waals surface area contributed by atoms with Gasteiger partial charge in [0, 0.05) is 12.7 Å². The molecule has 1 aromatic heterocycles. The van der Waals surface area contributed by atoms with E-state index < -0.39 is 5.97 Å². The summed E-state index contributed by atoms with van der Waals surface area (Å²) in [5, 5.41) is 9.35. The fourth-order valence-electron chi connectivity index (χ4n) is 2.99. The summed E-state index contributed by atoms with van der Waals surface area (Å²) in [5.41, 5.74) is 0.104. The Morgan fingerprint density at radius 2 is 2.37 bits per heavy atom. The zero-order chi connectivity index (χ0) is 13.4. The quantitative estimate of drug-likeness (QED) is 0.901. The molecule has 1 saturated heterocycles. The monoisotopic (exact) mass is 282 g/mol. The van der Waals surface area contributed by atoms with Crippen molar-refractivity contribution in [2.24, 2.45) is 0 Å². The summed E-state index contributed by atoms with van der Waals surface area (Å²) in [7, 11) is 0.